The molecule has 5 heteroatoms. The number of para-hydroxylation sites is 1. The van der Waals surface area contributed by atoms with E-state index in [1.807, 2.05) is 42.5 Å². The van der Waals surface area contributed by atoms with E-state index < -0.39 is 0 Å². The molecule has 2 N–H and O–H groups in total. The zero-order chi connectivity index (χ0) is 19.6. The number of nitrogens with one attached hydrogen (secondary N) is 1. The first-order valence-corrected chi connectivity index (χ1v) is 10.3. The van der Waals surface area contributed by atoms with Crippen LogP contribution in [0, 0.1) is 5.41 Å². The molecule has 1 aromatic carbocycles. The molecule has 3 aliphatic carbocycles. The lowest BCUT2D eigenvalue weighted by Crippen LogP contribution is -2.38. The molecular formula is C24H22N2O3. The standard InChI is InChI=1S/C24H22N2O3/c27-15-11-24(12-15)13-20(24)26-23(28)21-17-5-1-2-6-19(17)25-22-14(7-8-18(21)22)10-16-4-3-9-29-16/h1-6,9-10,15,20,27H,7-8,11-13H2,(H,26,28)/b14-10-. The number of allylic oxidation sites excluding steroid dienone is 1. The zero-order valence-electron chi connectivity index (χ0n) is 16.0. The fraction of sp³-hybridized carbons (Fsp3) is 0.333. The summed E-state index contributed by atoms with van der Waals surface area (Å²) in [7, 11) is 0. The molecule has 0 radical (unpaired) electrons. The molecule has 0 saturated heterocycles. The van der Waals surface area contributed by atoms with Gasteiger partial charge < -0.3 is 14.8 Å². The van der Waals surface area contributed by atoms with Crippen LogP contribution in [0.1, 0.15) is 53.1 Å². The second-order valence-electron chi connectivity index (χ2n) is 8.67. The van der Waals surface area contributed by atoms with Gasteiger partial charge in [-0.25, -0.2) is 4.98 Å². The Labute approximate surface area is 168 Å². The van der Waals surface area contributed by atoms with E-state index in [1.165, 1.54) is 0 Å². The molecule has 2 heterocycles. The Morgan fingerprint density at radius 1 is 1.17 bits per heavy atom. The number of hydrogen-bond acceptors (Lipinski definition) is 4. The summed E-state index contributed by atoms with van der Waals surface area (Å²) in [4.78, 5) is 18.3. The van der Waals surface area contributed by atoms with Crippen LogP contribution in [0.3, 0.4) is 0 Å². The van der Waals surface area contributed by atoms with Gasteiger partial charge in [-0.15, -0.1) is 0 Å². The van der Waals surface area contributed by atoms with Crippen molar-refractivity contribution in [2.45, 2.75) is 44.2 Å². The number of nitrogens with zero attached hydrogens (tertiary/aromatic N) is 1. The van der Waals surface area contributed by atoms with Crippen LogP contribution >= 0.6 is 0 Å². The molecule has 2 saturated carbocycles. The molecule has 6 rings (SSSR count). The zero-order valence-corrected chi connectivity index (χ0v) is 16.0. The van der Waals surface area contributed by atoms with Gasteiger partial charge in [-0.1, -0.05) is 18.2 Å². The Balaban J connectivity index is 1.41. The van der Waals surface area contributed by atoms with Crippen LogP contribution in [0.2, 0.25) is 0 Å². The number of benzene rings is 1. The monoisotopic (exact) mass is 386 g/mol. The molecular weight excluding hydrogens is 364 g/mol. The van der Waals surface area contributed by atoms with E-state index in [2.05, 4.69) is 5.32 Å². The van der Waals surface area contributed by atoms with Gasteiger partial charge in [0.2, 0.25) is 0 Å². The van der Waals surface area contributed by atoms with Crippen molar-refractivity contribution < 1.29 is 14.3 Å². The predicted molar refractivity (Wildman–Crippen MR) is 110 cm³/mol. The summed E-state index contributed by atoms with van der Waals surface area (Å²) in [5.41, 5.74) is 4.80. The highest BCUT2D eigenvalue weighted by Gasteiger charge is 2.62. The van der Waals surface area contributed by atoms with E-state index in [-0.39, 0.29) is 23.5 Å². The maximum atomic E-state index is 13.4. The average molecular weight is 386 g/mol. The third-order valence-electron chi connectivity index (χ3n) is 6.81. The first-order chi connectivity index (χ1) is 14.1. The van der Waals surface area contributed by atoms with Gasteiger partial charge in [0.1, 0.15) is 5.76 Å². The summed E-state index contributed by atoms with van der Waals surface area (Å²) < 4.78 is 5.48. The molecule has 146 valence electrons. The van der Waals surface area contributed by atoms with Crippen molar-refractivity contribution in [3.05, 3.63) is 65.2 Å². The third-order valence-corrected chi connectivity index (χ3v) is 6.81. The highest BCUT2D eigenvalue weighted by atomic mass is 16.3. The number of rotatable bonds is 3. The van der Waals surface area contributed by atoms with Gasteiger partial charge in [-0.05, 0) is 72.9 Å². The molecule has 1 atom stereocenters. The van der Waals surface area contributed by atoms with E-state index in [9.17, 15) is 9.90 Å². The maximum Gasteiger partial charge on any atom is 0.252 e. The normalized spacial score (nSPS) is 28.5. The van der Waals surface area contributed by atoms with Gasteiger partial charge in [-0.3, -0.25) is 4.79 Å². The summed E-state index contributed by atoms with van der Waals surface area (Å²) in [6.07, 6.45) is 7.74. The van der Waals surface area contributed by atoms with E-state index in [1.54, 1.807) is 6.26 Å². The fourth-order valence-corrected chi connectivity index (χ4v) is 5.20. The number of aliphatic hydroxyl groups excluding tert-OH is 1. The summed E-state index contributed by atoms with van der Waals surface area (Å²) in [5.74, 6) is 0.791. The van der Waals surface area contributed by atoms with Gasteiger partial charge in [0.05, 0.1) is 29.1 Å². The minimum absolute atomic E-state index is 0.0117. The average Bonchev–Trinajstić information content (AvgIpc) is 3.05. The number of carbonyl (C=O) groups excluding carboxylic acids is 1. The van der Waals surface area contributed by atoms with E-state index in [0.717, 1.165) is 71.2 Å². The quantitative estimate of drug-likeness (QED) is 0.715. The van der Waals surface area contributed by atoms with Crippen molar-refractivity contribution in [3.8, 4) is 0 Å². The first-order valence-electron chi connectivity index (χ1n) is 10.3. The molecule has 3 aliphatic rings. The first kappa shape index (κ1) is 17.0. The summed E-state index contributed by atoms with van der Waals surface area (Å²) >= 11 is 0. The number of carbonyl (C=O) groups is 1. The predicted octanol–water partition coefficient (Wildman–Crippen LogP) is 3.96. The van der Waals surface area contributed by atoms with Crippen molar-refractivity contribution in [3.63, 3.8) is 0 Å². The smallest absolute Gasteiger partial charge is 0.252 e. The van der Waals surface area contributed by atoms with E-state index in [0.29, 0.717) is 0 Å². The van der Waals surface area contributed by atoms with Crippen LogP contribution in [0.5, 0.6) is 0 Å². The molecule has 2 fully saturated rings. The third kappa shape index (κ3) is 2.64. The number of fused-ring (bicyclic) bond motifs is 2. The Morgan fingerprint density at radius 2 is 2.03 bits per heavy atom. The largest absolute Gasteiger partial charge is 0.465 e. The molecule has 1 spiro atoms. The fourth-order valence-electron chi connectivity index (χ4n) is 5.20. The molecule has 1 amide bonds. The molecule has 1 unspecified atom stereocenters. The van der Waals surface area contributed by atoms with E-state index in [4.69, 9.17) is 9.40 Å². The molecule has 0 aliphatic heterocycles. The lowest BCUT2D eigenvalue weighted by Gasteiger charge is -2.32. The van der Waals surface area contributed by atoms with Gasteiger partial charge in [0.25, 0.3) is 5.91 Å². The van der Waals surface area contributed by atoms with Crippen LogP contribution in [0.25, 0.3) is 22.6 Å². The van der Waals surface area contributed by atoms with Crippen molar-refractivity contribution in [1.82, 2.24) is 10.3 Å². The number of furan rings is 1. The lowest BCUT2D eigenvalue weighted by atomic mass is 9.78. The lowest BCUT2D eigenvalue weighted by molar-refractivity contribution is 0.0235. The summed E-state index contributed by atoms with van der Waals surface area (Å²) in [6.45, 7) is 0. The van der Waals surface area contributed by atoms with E-state index >= 15 is 0 Å². The van der Waals surface area contributed by atoms with Crippen molar-refractivity contribution in [1.29, 1.82) is 0 Å². The highest BCUT2D eigenvalue weighted by Crippen LogP contribution is 2.60. The van der Waals surface area contributed by atoms with Crippen LogP contribution in [0.15, 0.2) is 47.1 Å². The topological polar surface area (TPSA) is 75.4 Å². The number of aliphatic hydroxyl groups is 1. The number of aromatic nitrogens is 1. The SMILES string of the molecule is O=C(NC1CC12CC(O)C2)c1c2c(nc3ccccc13)/C(=C\c1ccco1)CC2. The number of hydrogen-bond donors (Lipinski definition) is 2. The minimum atomic E-state index is -0.197. The van der Waals surface area contributed by atoms with Crippen LogP contribution in [-0.4, -0.2) is 28.1 Å². The highest BCUT2D eigenvalue weighted by molar-refractivity contribution is 6.09. The Bertz CT molecular complexity index is 1160. The number of amides is 1. The Morgan fingerprint density at radius 3 is 2.83 bits per heavy atom. The molecule has 5 nitrogen and oxygen atoms in total. The second kappa shape index (κ2) is 6.04. The van der Waals surface area contributed by atoms with Gasteiger partial charge in [-0.2, -0.15) is 0 Å². The van der Waals surface area contributed by atoms with Crippen LogP contribution < -0.4 is 5.32 Å². The van der Waals surface area contributed by atoms with Gasteiger partial charge in [0, 0.05) is 11.4 Å². The van der Waals surface area contributed by atoms with Gasteiger partial charge in [0.15, 0.2) is 0 Å². The Kier molecular flexibility index (Phi) is 3.54. The second-order valence-corrected chi connectivity index (χ2v) is 8.67. The molecule has 0 bridgehead atoms. The molecule has 3 aromatic rings. The van der Waals surface area contributed by atoms with Crippen molar-refractivity contribution in [2.75, 3.05) is 0 Å². The summed E-state index contributed by atoms with van der Waals surface area (Å²) in [6, 6.07) is 11.9. The Hall–Kier alpha value is -2.92. The van der Waals surface area contributed by atoms with Crippen molar-refractivity contribution >= 4 is 28.5 Å². The van der Waals surface area contributed by atoms with Gasteiger partial charge >= 0.3 is 0 Å². The molecule has 2 aromatic heterocycles. The number of pyridine rings is 1. The maximum absolute atomic E-state index is 13.4. The van der Waals surface area contributed by atoms with Crippen LogP contribution in [-0.2, 0) is 6.42 Å². The van der Waals surface area contributed by atoms with Crippen molar-refractivity contribution in [2.24, 2.45) is 5.41 Å². The molecule has 29 heavy (non-hydrogen) atoms. The van der Waals surface area contributed by atoms with Crippen LogP contribution in [0.4, 0.5) is 0 Å². The summed E-state index contributed by atoms with van der Waals surface area (Å²) in [5, 5.41) is 13.8. The minimum Gasteiger partial charge on any atom is -0.465 e.